The Morgan fingerprint density at radius 3 is 3.00 bits per heavy atom. The first kappa shape index (κ1) is 11.0. The third kappa shape index (κ3) is 1.82. The van der Waals surface area contributed by atoms with Crippen molar-refractivity contribution in [2.75, 3.05) is 14.1 Å². The van der Waals surface area contributed by atoms with Crippen LogP contribution in [0.2, 0.25) is 0 Å². The van der Waals surface area contributed by atoms with Gasteiger partial charge in [0.2, 0.25) is 5.91 Å². The molecule has 0 unspecified atom stereocenters. The zero-order valence-corrected chi connectivity index (χ0v) is 9.15. The molecule has 90 valence electrons. The summed E-state index contributed by atoms with van der Waals surface area (Å²) in [7, 11) is 3.12. The molecule has 17 heavy (non-hydrogen) atoms. The second-order valence-corrected chi connectivity index (χ2v) is 3.57. The lowest BCUT2D eigenvalue weighted by atomic mass is 10.5. The highest BCUT2D eigenvalue weighted by Crippen LogP contribution is 1.96. The van der Waals surface area contributed by atoms with Gasteiger partial charge in [0.15, 0.2) is 0 Å². The third-order valence-electron chi connectivity index (χ3n) is 2.18. The van der Waals surface area contributed by atoms with Gasteiger partial charge in [0.05, 0.1) is 5.16 Å². The van der Waals surface area contributed by atoms with Gasteiger partial charge in [-0.15, -0.1) is 0 Å². The van der Waals surface area contributed by atoms with Gasteiger partial charge >= 0.3 is 16.7 Å². The van der Waals surface area contributed by atoms with Crippen molar-refractivity contribution in [3.05, 3.63) is 21.9 Å². The van der Waals surface area contributed by atoms with Gasteiger partial charge in [-0.1, -0.05) is 0 Å². The van der Waals surface area contributed by atoms with E-state index in [1.807, 2.05) is 0 Å². The van der Waals surface area contributed by atoms with E-state index in [1.165, 1.54) is 4.90 Å². The molecule has 0 bridgehead atoms. The number of rotatable bonds is 2. The van der Waals surface area contributed by atoms with Crippen LogP contribution in [0.15, 0.2) is 15.8 Å². The van der Waals surface area contributed by atoms with E-state index in [9.17, 15) is 14.8 Å². The lowest BCUT2D eigenvalue weighted by molar-refractivity contribution is -0.782. The molecule has 0 atom stereocenters. The predicted molar refractivity (Wildman–Crippen MR) is 53.7 cm³/mol. The van der Waals surface area contributed by atoms with Gasteiger partial charge in [-0.25, -0.2) is 0 Å². The van der Waals surface area contributed by atoms with Crippen LogP contribution in [0.25, 0.3) is 11.2 Å². The van der Waals surface area contributed by atoms with Gasteiger partial charge < -0.3 is 10.1 Å². The van der Waals surface area contributed by atoms with E-state index in [-0.39, 0.29) is 28.5 Å². The molecule has 2 rings (SSSR count). The molecule has 0 fully saturated rings. The second kappa shape index (κ2) is 3.85. The maximum Gasteiger partial charge on any atom is 0.347 e. The molecule has 0 radical (unpaired) electrons. The van der Waals surface area contributed by atoms with Crippen molar-refractivity contribution in [1.82, 2.24) is 19.6 Å². The van der Waals surface area contributed by atoms with E-state index in [0.717, 1.165) is 10.9 Å². The quantitative estimate of drug-likeness (QED) is 0.567. The number of nitrogens with zero attached hydrogens (tertiary/aromatic N) is 5. The fraction of sp³-hybridized carbons (Fsp3) is 0.375. The SMILES string of the molecule is CN(C)C(=O)Cn1cnc2no[n+]([O-])c2c1=O. The largest absolute Gasteiger partial charge is 0.359 e. The van der Waals surface area contributed by atoms with Gasteiger partial charge in [-0.2, -0.15) is 4.98 Å². The highest BCUT2D eigenvalue weighted by atomic mass is 16.8. The Kier molecular flexibility index (Phi) is 2.50. The fourth-order valence-corrected chi connectivity index (χ4v) is 1.21. The molecule has 1 amide bonds. The topological polar surface area (TPSA) is 108 Å². The summed E-state index contributed by atoms with van der Waals surface area (Å²) in [6, 6.07) is 0. The Balaban J connectivity index is 2.49. The van der Waals surface area contributed by atoms with Crippen LogP contribution in [-0.4, -0.2) is 39.6 Å². The molecule has 0 N–H and O–H groups in total. The summed E-state index contributed by atoms with van der Waals surface area (Å²) >= 11 is 0. The summed E-state index contributed by atoms with van der Waals surface area (Å²) in [5.74, 6) is -0.290. The first-order chi connectivity index (χ1) is 8.00. The van der Waals surface area contributed by atoms with Crippen LogP contribution in [-0.2, 0) is 11.3 Å². The van der Waals surface area contributed by atoms with Crippen molar-refractivity contribution in [2.45, 2.75) is 6.54 Å². The average Bonchev–Trinajstić information content (AvgIpc) is 2.64. The number of likely N-dealkylation sites (N-methyl/N-ethyl adjacent to an activating group) is 1. The van der Waals surface area contributed by atoms with Crippen molar-refractivity contribution in [3.8, 4) is 0 Å². The smallest absolute Gasteiger partial charge is 0.347 e. The van der Waals surface area contributed by atoms with Crippen molar-refractivity contribution in [2.24, 2.45) is 0 Å². The minimum absolute atomic E-state index is 0.0265. The summed E-state index contributed by atoms with van der Waals surface area (Å²) in [4.78, 5) is 28.3. The van der Waals surface area contributed by atoms with Crippen LogP contribution in [0.1, 0.15) is 0 Å². The zero-order valence-electron chi connectivity index (χ0n) is 9.15. The molecule has 2 aromatic heterocycles. The van der Waals surface area contributed by atoms with E-state index in [1.54, 1.807) is 14.1 Å². The fourth-order valence-electron chi connectivity index (χ4n) is 1.21. The van der Waals surface area contributed by atoms with Crippen LogP contribution in [0, 0.1) is 5.21 Å². The lowest BCUT2D eigenvalue weighted by Gasteiger charge is -2.10. The van der Waals surface area contributed by atoms with Gasteiger partial charge in [0.25, 0.3) is 0 Å². The summed E-state index contributed by atoms with van der Waals surface area (Å²) in [5.41, 5.74) is -1.07. The van der Waals surface area contributed by atoms with E-state index >= 15 is 0 Å². The minimum Gasteiger partial charge on any atom is -0.359 e. The number of hydrogen-bond acceptors (Lipinski definition) is 6. The highest BCUT2D eigenvalue weighted by molar-refractivity contribution is 5.75. The molecule has 9 nitrogen and oxygen atoms in total. The standard InChI is InChI=1S/C8H9N5O4/c1-11(2)5(14)3-12-4-9-7-6(8(12)15)13(16)17-10-7/h4H,3H2,1-2H3. The monoisotopic (exact) mass is 239 g/mol. The summed E-state index contributed by atoms with van der Waals surface area (Å²) < 4.78 is 5.27. The molecule has 0 aliphatic carbocycles. The van der Waals surface area contributed by atoms with Crippen molar-refractivity contribution >= 4 is 17.1 Å². The average molecular weight is 239 g/mol. The van der Waals surface area contributed by atoms with Crippen LogP contribution in [0.3, 0.4) is 0 Å². The number of fused-ring (bicyclic) bond motifs is 1. The van der Waals surface area contributed by atoms with Crippen molar-refractivity contribution in [3.63, 3.8) is 0 Å². The molecule has 0 saturated heterocycles. The summed E-state index contributed by atoms with van der Waals surface area (Å²) in [6.45, 7) is -0.194. The number of carbonyl (C=O) groups is 1. The molecule has 0 aromatic carbocycles. The predicted octanol–water partition coefficient (Wildman–Crippen LogP) is -1.89. The molecule has 2 heterocycles. The Labute approximate surface area is 94.4 Å². The summed E-state index contributed by atoms with van der Waals surface area (Å²) in [5, 5.41) is 14.4. The van der Waals surface area contributed by atoms with Crippen LogP contribution >= 0.6 is 0 Å². The van der Waals surface area contributed by atoms with Crippen LogP contribution < -0.4 is 10.5 Å². The van der Waals surface area contributed by atoms with Gasteiger partial charge in [-0.3, -0.25) is 18.8 Å². The highest BCUT2D eigenvalue weighted by Gasteiger charge is 2.18. The number of carbonyl (C=O) groups excluding carboxylic acids is 1. The normalized spacial score (nSPS) is 10.7. The van der Waals surface area contributed by atoms with Gasteiger partial charge in [-0.05, 0) is 4.90 Å². The van der Waals surface area contributed by atoms with Crippen LogP contribution in [0.5, 0.6) is 0 Å². The Morgan fingerprint density at radius 2 is 2.35 bits per heavy atom. The van der Waals surface area contributed by atoms with Gasteiger partial charge in [0.1, 0.15) is 12.9 Å². The first-order valence-corrected chi connectivity index (χ1v) is 4.65. The number of amides is 1. The van der Waals surface area contributed by atoms with E-state index < -0.39 is 5.56 Å². The first-order valence-electron chi connectivity index (χ1n) is 4.65. The molecular formula is C8H9N5O4. The molecule has 2 aromatic rings. The Hall–Kier alpha value is -2.45. The molecule has 9 heteroatoms. The third-order valence-corrected chi connectivity index (χ3v) is 2.18. The zero-order chi connectivity index (χ0) is 12.6. The van der Waals surface area contributed by atoms with Crippen LogP contribution in [0.4, 0.5) is 0 Å². The van der Waals surface area contributed by atoms with E-state index in [2.05, 4.69) is 14.8 Å². The number of hydrogen-bond donors (Lipinski definition) is 0. The maximum atomic E-state index is 11.8. The minimum atomic E-state index is -0.665. The molecular weight excluding hydrogens is 230 g/mol. The Bertz CT molecular complexity index is 628. The van der Waals surface area contributed by atoms with E-state index in [0.29, 0.717) is 0 Å². The molecule has 0 spiro atoms. The lowest BCUT2D eigenvalue weighted by Crippen LogP contribution is -2.36. The summed E-state index contributed by atoms with van der Waals surface area (Å²) in [6.07, 6.45) is 1.15. The maximum absolute atomic E-state index is 11.8. The van der Waals surface area contributed by atoms with E-state index in [4.69, 9.17) is 0 Å². The van der Waals surface area contributed by atoms with Crippen molar-refractivity contribution in [1.29, 1.82) is 0 Å². The number of aromatic nitrogens is 4. The molecule has 0 aliphatic rings. The molecule has 0 saturated carbocycles. The Morgan fingerprint density at radius 1 is 1.65 bits per heavy atom. The van der Waals surface area contributed by atoms with Gasteiger partial charge in [0, 0.05) is 14.1 Å². The molecule has 0 aliphatic heterocycles. The van der Waals surface area contributed by atoms with Crippen molar-refractivity contribution < 1.29 is 14.3 Å². The second-order valence-electron chi connectivity index (χ2n) is 3.57.